The molecule has 0 aromatic heterocycles. The average molecular weight is 222 g/mol. The van der Waals surface area contributed by atoms with Gasteiger partial charge in [-0.25, -0.2) is 0 Å². The van der Waals surface area contributed by atoms with E-state index < -0.39 is 0 Å². The van der Waals surface area contributed by atoms with Gasteiger partial charge in [-0.2, -0.15) is 0 Å². The van der Waals surface area contributed by atoms with Gasteiger partial charge in [-0.3, -0.25) is 4.79 Å². The van der Waals surface area contributed by atoms with Crippen LogP contribution < -0.4 is 0 Å². The van der Waals surface area contributed by atoms with Crippen molar-refractivity contribution in [1.29, 1.82) is 0 Å². The average Bonchev–Trinajstić information content (AvgIpc) is 2.27. The molecule has 16 heavy (non-hydrogen) atoms. The summed E-state index contributed by atoms with van der Waals surface area (Å²) in [6, 6.07) is 6.69. The Kier molecular flexibility index (Phi) is 4.83. The predicted octanol–water partition coefficient (Wildman–Crippen LogP) is 3.19. The number of aromatic hydroxyl groups is 1. The normalized spacial score (nSPS) is 12.1. The zero-order valence-corrected chi connectivity index (χ0v) is 9.77. The molecule has 1 aromatic carbocycles. The molecule has 0 aliphatic carbocycles. The van der Waals surface area contributed by atoms with Crippen LogP contribution in [0.5, 0.6) is 5.75 Å². The van der Waals surface area contributed by atoms with Crippen LogP contribution in [0.25, 0.3) is 0 Å². The van der Waals surface area contributed by atoms with Crippen LogP contribution in [0.1, 0.15) is 44.8 Å². The van der Waals surface area contributed by atoms with E-state index in [1.807, 2.05) is 13.8 Å². The fraction of sp³-hybridized carbons (Fsp3) is 0.462. The van der Waals surface area contributed by atoms with Gasteiger partial charge in [-0.15, -0.1) is 0 Å². The van der Waals surface area contributed by atoms with E-state index in [9.17, 15) is 4.79 Å². The molecule has 1 atom stereocenters. The van der Waals surface area contributed by atoms with Gasteiger partial charge in [0.15, 0.2) is 0 Å². The first-order chi connectivity index (χ1) is 7.63. The first kappa shape index (κ1) is 12.6. The molecule has 3 heteroatoms. The molecule has 0 fully saturated rings. The number of carbonyl (C=O) groups is 1. The molecule has 0 radical (unpaired) electrons. The highest BCUT2D eigenvalue weighted by atomic mass is 16.5. The van der Waals surface area contributed by atoms with Gasteiger partial charge in [0.25, 0.3) is 0 Å². The number of hydrogen-bond donors (Lipinski definition) is 1. The molecule has 3 nitrogen and oxygen atoms in total. The minimum absolute atomic E-state index is 0.164. The van der Waals surface area contributed by atoms with Crippen LogP contribution in [-0.4, -0.2) is 11.1 Å². The van der Waals surface area contributed by atoms with Gasteiger partial charge < -0.3 is 9.84 Å². The number of carbonyl (C=O) groups excluding carboxylic acids is 1. The van der Waals surface area contributed by atoms with Gasteiger partial charge >= 0.3 is 5.97 Å². The Hall–Kier alpha value is -1.51. The summed E-state index contributed by atoms with van der Waals surface area (Å²) in [6.45, 7) is 3.87. The molecular formula is C13H18O3. The van der Waals surface area contributed by atoms with Crippen LogP contribution in [0.4, 0.5) is 0 Å². The molecule has 0 bridgehead atoms. The Morgan fingerprint density at radius 3 is 2.56 bits per heavy atom. The molecule has 0 saturated heterocycles. The summed E-state index contributed by atoms with van der Waals surface area (Å²) in [6.07, 6.45) is 2.06. The lowest BCUT2D eigenvalue weighted by atomic mass is 10.1. The number of unbranched alkanes of at least 4 members (excludes halogenated alkanes) is 1. The summed E-state index contributed by atoms with van der Waals surface area (Å²) >= 11 is 0. The minimum Gasteiger partial charge on any atom is -0.508 e. The number of esters is 1. The smallest absolute Gasteiger partial charge is 0.306 e. The maximum atomic E-state index is 11.4. The Balaban J connectivity index is 2.48. The Morgan fingerprint density at radius 2 is 2.00 bits per heavy atom. The molecule has 0 spiro atoms. The summed E-state index contributed by atoms with van der Waals surface area (Å²) in [5.74, 6) is 0.0516. The summed E-state index contributed by atoms with van der Waals surface area (Å²) in [7, 11) is 0. The fourth-order valence-corrected chi connectivity index (χ4v) is 1.39. The van der Waals surface area contributed by atoms with Gasteiger partial charge in [0.2, 0.25) is 0 Å². The molecule has 0 saturated carbocycles. The van der Waals surface area contributed by atoms with Crippen molar-refractivity contribution in [2.24, 2.45) is 0 Å². The lowest BCUT2D eigenvalue weighted by Gasteiger charge is -2.13. The highest BCUT2D eigenvalue weighted by Gasteiger charge is 2.10. The van der Waals surface area contributed by atoms with E-state index in [1.54, 1.807) is 24.3 Å². The third kappa shape index (κ3) is 3.93. The summed E-state index contributed by atoms with van der Waals surface area (Å²) in [5, 5.41) is 9.13. The van der Waals surface area contributed by atoms with Gasteiger partial charge in [0.05, 0.1) is 0 Å². The SMILES string of the molecule is CCCCC(=O)OC(C)c1ccc(O)cc1. The molecule has 0 aliphatic heterocycles. The summed E-state index contributed by atoms with van der Waals surface area (Å²) in [4.78, 5) is 11.4. The van der Waals surface area contributed by atoms with E-state index in [4.69, 9.17) is 9.84 Å². The van der Waals surface area contributed by atoms with Crippen molar-refractivity contribution in [3.05, 3.63) is 29.8 Å². The van der Waals surface area contributed by atoms with Crippen molar-refractivity contribution in [2.45, 2.75) is 39.2 Å². The van der Waals surface area contributed by atoms with Crippen LogP contribution in [0.15, 0.2) is 24.3 Å². The van der Waals surface area contributed by atoms with E-state index in [-0.39, 0.29) is 17.8 Å². The Morgan fingerprint density at radius 1 is 1.38 bits per heavy atom. The van der Waals surface area contributed by atoms with Crippen molar-refractivity contribution in [2.75, 3.05) is 0 Å². The molecular weight excluding hydrogens is 204 g/mol. The minimum atomic E-state index is -0.259. The third-order valence-electron chi connectivity index (χ3n) is 2.41. The van der Waals surface area contributed by atoms with E-state index >= 15 is 0 Å². The number of phenolic OH excluding ortho intramolecular Hbond substituents is 1. The van der Waals surface area contributed by atoms with Crippen molar-refractivity contribution < 1.29 is 14.6 Å². The quantitative estimate of drug-likeness (QED) is 0.778. The molecule has 1 unspecified atom stereocenters. The van der Waals surface area contributed by atoms with Crippen molar-refractivity contribution >= 4 is 5.97 Å². The number of hydrogen-bond acceptors (Lipinski definition) is 3. The first-order valence-corrected chi connectivity index (χ1v) is 5.62. The number of ether oxygens (including phenoxy) is 1. The molecule has 1 aromatic rings. The lowest BCUT2D eigenvalue weighted by molar-refractivity contribution is -0.148. The van der Waals surface area contributed by atoms with Crippen molar-refractivity contribution in [3.63, 3.8) is 0 Å². The van der Waals surface area contributed by atoms with Gasteiger partial charge in [-0.1, -0.05) is 25.5 Å². The van der Waals surface area contributed by atoms with Crippen LogP contribution in [0.2, 0.25) is 0 Å². The summed E-state index contributed by atoms with van der Waals surface area (Å²) < 4.78 is 5.26. The van der Waals surface area contributed by atoms with Crippen LogP contribution in [0.3, 0.4) is 0 Å². The lowest BCUT2D eigenvalue weighted by Crippen LogP contribution is -2.08. The highest BCUT2D eigenvalue weighted by Crippen LogP contribution is 2.20. The van der Waals surface area contributed by atoms with E-state index in [1.165, 1.54) is 0 Å². The molecule has 1 N–H and O–H groups in total. The van der Waals surface area contributed by atoms with Gasteiger partial charge in [0, 0.05) is 6.42 Å². The van der Waals surface area contributed by atoms with Crippen LogP contribution in [-0.2, 0) is 9.53 Å². The second-order valence-corrected chi connectivity index (χ2v) is 3.83. The predicted molar refractivity (Wildman–Crippen MR) is 62.1 cm³/mol. The fourth-order valence-electron chi connectivity index (χ4n) is 1.39. The van der Waals surface area contributed by atoms with Crippen LogP contribution in [0, 0.1) is 0 Å². The zero-order valence-electron chi connectivity index (χ0n) is 9.77. The number of benzene rings is 1. The third-order valence-corrected chi connectivity index (χ3v) is 2.41. The van der Waals surface area contributed by atoms with Gasteiger partial charge in [0.1, 0.15) is 11.9 Å². The van der Waals surface area contributed by atoms with Gasteiger partial charge in [-0.05, 0) is 31.0 Å². The van der Waals surface area contributed by atoms with E-state index in [2.05, 4.69) is 0 Å². The number of rotatable bonds is 5. The maximum Gasteiger partial charge on any atom is 0.306 e. The molecule has 0 heterocycles. The zero-order chi connectivity index (χ0) is 12.0. The first-order valence-electron chi connectivity index (χ1n) is 5.62. The highest BCUT2D eigenvalue weighted by molar-refractivity contribution is 5.69. The maximum absolute atomic E-state index is 11.4. The Bertz CT molecular complexity index is 330. The molecule has 0 aliphatic rings. The summed E-state index contributed by atoms with van der Waals surface area (Å²) in [5.41, 5.74) is 0.891. The molecule has 1 rings (SSSR count). The van der Waals surface area contributed by atoms with Crippen molar-refractivity contribution in [3.8, 4) is 5.75 Å². The molecule has 88 valence electrons. The monoisotopic (exact) mass is 222 g/mol. The van der Waals surface area contributed by atoms with E-state index in [0.717, 1.165) is 18.4 Å². The second-order valence-electron chi connectivity index (χ2n) is 3.83. The largest absolute Gasteiger partial charge is 0.508 e. The topological polar surface area (TPSA) is 46.5 Å². The molecule has 0 amide bonds. The second kappa shape index (κ2) is 6.16. The van der Waals surface area contributed by atoms with Crippen LogP contribution >= 0.6 is 0 Å². The van der Waals surface area contributed by atoms with Crippen molar-refractivity contribution in [1.82, 2.24) is 0 Å². The number of phenols is 1. The van der Waals surface area contributed by atoms with E-state index in [0.29, 0.717) is 6.42 Å². The standard InChI is InChI=1S/C13H18O3/c1-3-4-5-13(15)16-10(2)11-6-8-12(14)9-7-11/h6-10,14H,3-5H2,1-2H3. The Labute approximate surface area is 96.1 Å².